The Morgan fingerprint density at radius 2 is 1.91 bits per heavy atom. The fourth-order valence-electron chi connectivity index (χ4n) is 3.46. The molecular formula is C24H24ClF3N2O5. The van der Waals surface area contributed by atoms with Crippen LogP contribution in [0.25, 0.3) is 0 Å². The number of aromatic nitrogens is 1. The molecule has 0 radical (unpaired) electrons. The van der Waals surface area contributed by atoms with Gasteiger partial charge in [-0.3, -0.25) is 4.79 Å². The van der Waals surface area contributed by atoms with Gasteiger partial charge in [-0.05, 0) is 42.8 Å². The number of aliphatic carboxylic acids is 1. The Morgan fingerprint density at radius 1 is 1.29 bits per heavy atom. The number of allylic oxidation sites excluding steroid dienone is 2. The van der Waals surface area contributed by atoms with E-state index < -0.39 is 34.8 Å². The van der Waals surface area contributed by atoms with Crippen molar-refractivity contribution >= 4 is 17.6 Å². The molecular weight excluding hydrogens is 489 g/mol. The number of hydrogen-bond acceptors (Lipinski definition) is 5. The molecule has 0 amide bonds. The van der Waals surface area contributed by atoms with Crippen molar-refractivity contribution in [2.24, 2.45) is 12.8 Å². The highest BCUT2D eigenvalue weighted by atomic mass is 35.5. The van der Waals surface area contributed by atoms with Crippen LogP contribution in [0.2, 0.25) is 5.02 Å². The van der Waals surface area contributed by atoms with Gasteiger partial charge in [-0.15, -0.1) is 0 Å². The second-order valence-electron chi connectivity index (χ2n) is 7.80. The first-order valence-electron chi connectivity index (χ1n) is 10.1. The zero-order chi connectivity index (χ0) is 26.7. The number of nitrogens with zero attached hydrogens (tertiary/aromatic N) is 1. The Kier molecular flexibility index (Phi) is 8.25. The van der Waals surface area contributed by atoms with E-state index in [2.05, 4.69) is 6.58 Å². The van der Waals surface area contributed by atoms with Crippen LogP contribution in [0.15, 0.2) is 71.5 Å². The summed E-state index contributed by atoms with van der Waals surface area (Å²) in [6.07, 6.45) is -0.742. The van der Waals surface area contributed by atoms with Crippen LogP contribution in [0.1, 0.15) is 29.5 Å². The minimum absolute atomic E-state index is 0.0346. The monoisotopic (exact) mass is 512 g/mol. The number of rotatable bonds is 8. The topological polar surface area (TPSA) is 115 Å². The third-order valence-corrected chi connectivity index (χ3v) is 5.76. The molecule has 0 aliphatic carbocycles. The molecule has 4 N–H and O–H groups in total. The van der Waals surface area contributed by atoms with E-state index in [0.717, 1.165) is 35.9 Å². The molecule has 0 spiro atoms. The second kappa shape index (κ2) is 10.4. The smallest absolute Gasteiger partial charge is 0.422 e. The van der Waals surface area contributed by atoms with Gasteiger partial charge in [0, 0.05) is 35.3 Å². The highest BCUT2D eigenvalue weighted by Gasteiger charge is 2.59. The fraction of sp³-hybridized carbons (Fsp3) is 0.250. The van der Waals surface area contributed by atoms with Crippen LogP contribution >= 0.6 is 11.6 Å². The maximum Gasteiger partial charge on any atom is 0.422 e. The van der Waals surface area contributed by atoms with Crippen LogP contribution in [-0.2, 0) is 17.4 Å². The molecule has 7 nitrogen and oxygen atoms in total. The fourth-order valence-corrected chi connectivity index (χ4v) is 3.80. The molecule has 0 aliphatic heterocycles. The van der Waals surface area contributed by atoms with Gasteiger partial charge in [0.25, 0.3) is 5.56 Å². The van der Waals surface area contributed by atoms with Crippen molar-refractivity contribution in [1.29, 1.82) is 0 Å². The number of aryl methyl sites for hydroxylation is 2. The van der Waals surface area contributed by atoms with Crippen LogP contribution < -0.4 is 16.0 Å². The van der Waals surface area contributed by atoms with Crippen LogP contribution in [0.4, 0.5) is 13.2 Å². The van der Waals surface area contributed by atoms with E-state index >= 15 is 0 Å². The number of hydrogen-bond donors (Lipinski definition) is 3. The molecule has 188 valence electrons. The van der Waals surface area contributed by atoms with Crippen molar-refractivity contribution < 1.29 is 32.9 Å². The number of carboxylic acid groups (broad SMARTS) is 1. The number of benzene rings is 1. The highest BCUT2D eigenvalue weighted by Crippen LogP contribution is 2.50. The van der Waals surface area contributed by atoms with Gasteiger partial charge in [0.15, 0.2) is 11.5 Å². The van der Waals surface area contributed by atoms with Gasteiger partial charge in [0.2, 0.25) is 0 Å². The van der Waals surface area contributed by atoms with E-state index in [9.17, 15) is 27.9 Å². The molecule has 0 saturated heterocycles. The molecule has 2 atom stereocenters. The molecule has 1 aromatic heterocycles. The van der Waals surface area contributed by atoms with E-state index in [1.54, 1.807) is 0 Å². The molecule has 0 aliphatic rings. The lowest BCUT2D eigenvalue weighted by atomic mass is 9.78. The predicted octanol–water partition coefficient (Wildman–Crippen LogP) is 4.28. The van der Waals surface area contributed by atoms with Gasteiger partial charge in [0.05, 0.1) is 5.57 Å². The van der Waals surface area contributed by atoms with Crippen LogP contribution in [0, 0.1) is 6.92 Å². The Balaban J connectivity index is 2.47. The molecule has 11 heteroatoms. The number of aliphatic hydroxyl groups is 1. The largest absolute Gasteiger partial charge is 0.478 e. The van der Waals surface area contributed by atoms with Crippen molar-refractivity contribution in [1.82, 2.24) is 4.57 Å². The van der Waals surface area contributed by atoms with E-state index in [1.165, 1.54) is 38.2 Å². The summed E-state index contributed by atoms with van der Waals surface area (Å²) in [5, 5.41) is 19.8. The molecule has 2 aromatic rings. The molecule has 0 fully saturated rings. The van der Waals surface area contributed by atoms with Crippen molar-refractivity contribution in [3.05, 3.63) is 98.8 Å². The van der Waals surface area contributed by atoms with Crippen molar-refractivity contribution in [3.8, 4) is 5.75 Å². The van der Waals surface area contributed by atoms with Gasteiger partial charge < -0.3 is 25.3 Å². The van der Waals surface area contributed by atoms with Crippen molar-refractivity contribution in [2.75, 3.05) is 0 Å². The summed E-state index contributed by atoms with van der Waals surface area (Å²) in [6, 6.07) is 4.78. The molecule has 0 unspecified atom stereocenters. The number of carboxylic acids is 1. The van der Waals surface area contributed by atoms with Crippen LogP contribution in [0.3, 0.4) is 0 Å². The molecule has 35 heavy (non-hydrogen) atoms. The summed E-state index contributed by atoms with van der Waals surface area (Å²) in [5.41, 5.74) is 1.20. The summed E-state index contributed by atoms with van der Waals surface area (Å²) < 4.78 is 49.0. The summed E-state index contributed by atoms with van der Waals surface area (Å²) in [4.78, 5) is 22.9. The van der Waals surface area contributed by atoms with Gasteiger partial charge in [0.1, 0.15) is 5.75 Å². The Bertz CT molecular complexity index is 1240. The third-order valence-electron chi connectivity index (χ3n) is 5.43. The zero-order valence-corrected chi connectivity index (χ0v) is 19.8. The minimum Gasteiger partial charge on any atom is -0.478 e. The average Bonchev–Trinajstić information content (AvgIpc) is 2.75. The number of halogens is 4. The predicted molar refractivity (Wildman–Crippen MR) is 125 cm³/mol. The van der Waals surface area contributed by atoms with Crippen LogP contribution in [-0.4, -0.2) is 26.9 Å². The molecule has 2 rings (SSSR count). The highest BCUT2D eigenvalue weighted by molar-refractivity contribution is 6.31. The van der Waals surface area contributed by atoms with E-state index in [4.69, 9.17) is 27.2 Å². The van der Waals surface area contributed by atoms with E-state index in [0.29, 0.717) is 0 Å². The molecule has 0 bridgehead atoms. The number of ether oxygens (including phenoxy) is 1. The normalized spacial score (nSPS) is 15.3. The van der Waals surface area contributed by atoms with Gasteiger partial charge in [-0.25, -0.2) is 4.79 Å². The first kappa shape index (κ1) is 27.7. The minimum atomic E-state index is -5.11. The maximum absolute atomic E-state index is 14.2. The molecule has 1 aromatic carbocycles. The first-order chi connectivity index (χ1) is 16.1. The number of nitrogens with two attached hydrogens (primary N) is 1. The van der Waals surface area contributed by atoms with Crippen LogP contribution in [0.5, 0.6) is 5.75 Å². The second-order valence-corrected chi connectivity index (χ2v) is 8.21. The van der Waals surface area contributed by atoms with E-state index in [-0.39, 0.29) is 33.4 Å². The standard InChI is InChI=1S/C24H24ClF3N2O5/c1-5-15(22(32)33)6-9-20(29)35-17-7-8-18(19(25)11-17)14(3)23(34,24(26,27)28)16-10-13(2)21(31)30(4)12-16/h5-12,14,34H,1,29H2,2-4H3,(H,32,33)/b15-6+,20-9+/t14-,23-/m0/s1. The van der Waals surface area contributed by atoms with E-state index in [1.807, 2.05) is 0 Å². The van der Waals surface area contributed by atoms with Crippen molar-refractivity contribution in [3.63, 3.8) is 0 Å². The average molecular weight is 513 g/mol. The number of carbonyl (C=O) groups is 1. The molecule has 0 saturated carbocycles. The Morgan fingerprint density at radius 3 is 2.40 bits per heavy atom. The Hall–Kier alpha value is -3.50. The first-order valence-corrected chi connectivity index (χ1v) is 10.5. The summed E-state index contributed by atoms with van der Waals surface area (Å²) in [7, 11) is 1.29. The summed E-state index contributed by atoms with van der Waals surface area (Å²) >= 11 is 6.25. The Labute approximate surface area is 204 Å². The lowest BCUT2D eigenvalue weighted by molar-refractivity contribution is -0.274. The maximum atomic E-state index is 14.2. The van der Waals surface area contributed by atoms with Gasteiger partial charge >= 0.3 is 12.1 Å². The zero-order valence-electron chi connectivity index (χ0n) is 19.1. The van der Waals surface area contributed by atoms with Gasteiger partial charge in [-0.1, -0.05) is 37.2 Å². The van der Waals surface area contributed by atoms with Crippen molar-refractivity contribution in [2.45, 2.75) is 31.5 Å². The SMILES string of the molecule is C=C/C(=C\C=C(/N)Oc1ccc([C@H](C)[C@](O)(c2cc(C)c(=O)n(C)c2)C(F)(F)F)c(Cl)c1)C(=O)O. The lowest BCUT2D eigenvalue weighted by Gasteiger charge is -2.37. The molecule has 1 heterocycles. The quantitative estimate of drug-likeness (QED) is 0.276. The number of pyridine rings is 1. The van der Waals surface area contributed by atoms with Gasteiger partial charge in [-0.2, -0.15) is 13.2 Å². The third kappa shape index (κ3) is 5.77. The summed E-state index contributed by atoms with van der Waals surface area (Å²) in [5.74, 6) is -2.95. The number of alkyl halides is 3. The summed E-state index contributed by atoms with van der Waals surface area (Å²) in [6.45, 7) is 5.88. The lowest BCUT2D eigenvalue weighted by Crippen LogP contribution is -2.47.